The molecule has 27 heavy (non-hydrogen) atoms. The Kier molecular flexibility index (Phi) is 4.88. The number of nitrogens with one attached hydrogen (secondary N) is 1. The molecule has 1 aromatic carbocycles. The van der Waals surface area contributed by atoms with Crippen LogP contribution < -0.4 is 0 Å². The Morgan fingerprint density at radius 3 is 2.89 bits per heavy atom. The minimum absolute atomic E-state index is 0.0946. The molecule has 6 nitrogen and oxygen atoms in total. The molecule has 6 heteroatoms. The quantitative estimate of drug-likeness (QED) is 0.883. The van der Waals surface area contributed by atoms with Crippen molar-refractivity contribution in [1.82, 2.24) is 14.8 Å². The second-order valence-corrected chi connectivity index (χ2v) is 7.07. The van der Waals surface area contributed by atoms with Crippen LogP contribution in [0.25, 0.3) is 16.5 Å². The number of aromatic nitrogens is 1. The monoisotopic (exact) mass is 367 g/mol. The Bertz CT molecular complexity index is 899. The van der Waals surface area contributed by atoms with Gasteiger partial charge in [0.05, 0.1) is 6.54 Å². The van der Waals surface area contributed by atoms with Crippen LogP contribution in [0.2, 0.25) is 0 Å². The van der Waals surface area contributed by atoms with Gasteiger partial charge in [-0.3, -0.25) is 4.79 Å². The second-order valence-electron chi connectivity index (χ2n) is 7.07. The highest BCUT2D eigenvalue weighted by Gasteiger charge is 2.24. The Hall–Kier alpha value is -2.76. The third kappa shape index (κ3) is 3.44. The number of ether oxygens (including phenoxy) is 1. The molecule has 142 valence electrons. The lowest BCUT2D eigenvalue weighted by Crippen LogP contribution is -2.37. The first kappa shape index (κ1) is 17.6. The van der Waals surface area contributed by atoms with Gasteiger partial charge in [0, 0.05) is 48.7 Å². The van der Waals surface area contributed by atoms with Crippen LogP contribution in [0.5, 0.6) is 0 Å². The summed E-state index contributed by atoms with van der Waals surface area (Å²) in [4.78, 5) is 30.8. The normalized spacial score (nSPS) is 17.4. The van der Waals surface area contributed by atoms with Gasteiger partial charge in [-0.2, -0.15) is 0 Å². The number of hydrogen-bond acceptors (Lipinski definition) is 3. The molecule has 2 aromatic rings. The summed E-state index contributed by atoms with van der Waals surface area (Å²) in [5.74, 6) is 0.0946. The molecule has 2 aliphatic rings. The van der Waals surface area contributed by atoms with Crippen LogP contribution in [-0.4, -0.2) is 59.6 Å². The topological polar surface area (TPSA) is 65.6 Å². The zero-order valence-corrected chi connectivity index (χ0v) is 15.7. The number of H-pyrrole nitrogens is 1. The number of benzene rings is 1. The molecule has 0 unspecified atom stereocenters. The number of nitrogens with zero attached hydrogens (tertiary/aromatic N) is 2. The van der Waals surface area contributed by atoms with E-state index in [1.807, 2.05) is 4.90 Å². The van der Waals surface area contributed by atoms with Gasteiger partial charge in [0.25, 0.3) is 0 Å². The average molecular weight is 367 g/mol. The summed E-state index contributed by atoms with van der Waals surface area (Å²) in [7, 11) is 0. The molecular weight excluding hydrogens is 342 g/mol. The molecule has 1 saturated heterocycles. The van der Waals surface area contributed by atoms with Crippen molar-refractivity contribution in [2.45, 2.75) is 26.2 Å². The van der Waals surface area contributed by atoms with Crippen molar-refractivity contribution in [2.75, 3.05) is 32.8 Å². The number of fused-ring (bicyclic) bond motifs is 1. The molecule has 0 bridgehead atoms. The number of para-hydroxylation sites is 1. The lowest BCUT2D eigenvalue weighted by molar-refractivity contribution is -0.130. The fourth-order valence-electron chi connectivity index (χ4n) is 3.94. The molecule has 0 atom stereocenters. The largest absolute Gasteiger partial charge is 0.448 e. The van der Waals surface area contributed by atoms with Crippen LogP contribution in [0.3, 0.4) is 0 Å². The number of carbonyl (C=O) groups excluding carboxylic acids is 2. The van der Waals surface area contributed by atoms with Gasteiger partial charge in [-0.25, -0.2) is 4.79 Å². The van der Waals surface area contributed by atoms with Crippen molar-refractivity contribution >= 4 is 28.5 Å². The summed E-state index contributed by atoms with van der Waals surface area (Å²) in [6, 6.07) is 6.43. The minimum Gasteiger partial charge on any atom is -0.448 e. The van der Waals surface area contributed by atoms with Crippen LogP contribution in [0.15, 0.2) is 30.5 Å². The van der Waals surface area contributed by atoms with Gasteiger partial charge in [0.1, 0.15) is 6.61 Å². The van der Waals surface area contributed by atoms with E-state index in [1.54, 1.807) is 4.90 Å². The first-order valence-electron chi connectivity index (χ1n) is 9.65. The van der Waals surface area contributed by atoms with Gasteiger partial charge in [0.15, 0.2) is 0 Å². The van der Waals surface area contributed by atoms with Gasteiger partial charge < -0.3 is 19.5 Å². The Labute approximate surface area is 158 Å². The molecule has 0 saturated carbocycles. The van der Waals surface area contributed by atoms with Crippen LogP contribution in [0, 0.1) is 0 Å². The summed E-state index contributed by atoms with van der Waals surface area (Å²) in [6.45, 7) is 4.95. The van der Waals surface area contributed by atoms with E-state index < -0.39 is 0 Å². The number of amides is 2. The first-order chi connectivity index (χ1) is 13.2. The van der Waals surface area contributed by atoms with Crippen LogP contribution in [0.4, 0.5) is 4.79 Å². The summed E-state index contributed by atoms with van der Waals surface area (Å²) < 4.78 is 4.90. The molecule has 2 aliphatic heterocycles. The molecule has 1 fully saturated rings. The Morgan fingerprint density at radius 1 is 1.30 bits per heavy atom. The average Bonchev–Trinajstić information content (AvgIpc) is 3.32. The fraction of sp³-hybridized carbons (Fsp3) is 0.429. The third-order valence-electron chi connectivity index (χ3n) is 5.53. The highest BCUT2D eigenvalue weighted by atomic mass is 16.6. The van der Waals surface area contributed by atoms with Gasteiger partial charge in [-0.05, 0) is 24.0 Å². The molecule has 2 amide bonds. The fourth-order valence-corrected chi connectivity index (χ4v) is 3.94. The maximum atomic E-state index is 12.5. The molecule has 4 rings (SSSR count). The molecule has 0 radical (unpaired) electrons. The molecule has 1 aromatic heterocycles. The Balaban J connectivity index is 1.41. The van der Waals surface area contributed by atoms with Crippen molar-refractivity contribution in [3.8, 4) is 0 Å². The van der Waals surface area contributed by atoms with Gasteiger partial charge in [-0.15, -0.1) is 0 Å². The maximum Gasteiger partial charge on any atom is 0.409 e. The summed E-state index contributed by atoms with van der Waals surface area (Å²) in [5.41, 5.74) is 5.08. The van der Waals surface area contributed by atoms with E-state index in [4.69, 9.17) is 4.74 Å². The predicted molar refractivity (Wildman–Crippen MR) is 104 cm³/mol. The SMILES string of the molecule is CCc1cccc2c(C3=CCN(C(=O)CCN4CCOC4=O)CC3)c[nH]c12. The maximum absolute atomic E-state index is 12.5. The van der Waals surface area contributed by atoms with E-state index in [0.717, 1.165) is 19.4 Å². The van der Waals surface area contributed by atoms with Crippen molar-refractivity contribution < 1.29 is 14.3 Å². The third-order valence-corrected chi connectivity index (χ3v) is 5.53. The van der Waals surface area contributed by atoms with E-state index in [-0.39, 0.29) is 12.0 Å². The summed E-state index contributed by atoms with van der Waals surface area (Å²) in [5, 5.41) is 1.26. The zero-order valence-electron chi connectivity index (χ0n) is 15.7. The lowest BCUT2D eigenvalue weighted by Gasteiger charge is -2.27. The number of aromatic amines is 1. The van der Waals surface area contributed by atoms with E-state index in [2.05, 4.69) is 42.4 Å². The van der Waals surface area contributed by atoms with Crippen molar-refractivity contribution in [3.63, 3.8) is 0 Å². The van der Waals surface area contributed by atoms with Crippen LogP contribution in [-0.2, 0) is 16.0 Å². The van der Waals surface area contributed by atoms with Crippen LogP contribution in [0.1, 0.15) is 30.9 Å². The smallest absolute Gasteiger partial charge is 0.409 e. The molecule has 0 aliphatic carbocycles. The predicted octanol–water partition coefficient (Wildman–Crippen LogP) is 3.19. The highest BCUT2D eigenvalue weighted by Crippen LogP contribution is 2.31. The van der Waals surface area contributed by atoms with Gasteiger partial charge in [0.2, 0.25) is 5.91 Å². The van der Waals surface area contributed by atoms with E-state index >= 15 is 0 Å². The molecule has 3 heterocycles. The number of carbonyl (C=O) groups is 2. The van der Waals surface area contributed by atoms with E-state index in [1.165, 1.54) is 27.6 Å². The van der Waals surface area contributed by atoms with Crippen molar-refractivity contribution in [3.05, 3.63) is 41.6 Å². The number of rotatable bonds is 5. The number of cyclic esters (lactones) is 1. The molecule has 0 spiro atoms. The number of hydrogen-bond donors (Lipinski definition) is 1. The van der Waals surface area contributed by atoms with Crippen LogP contribution >= 0.6 is 0 Å². The summed E-state index contributed by atoms with van der Waals surface area (Å²) in [6.07, 6.45) is 6.14. The Morgan fingerprint density at radius 2 is 2.19 bits per heavy atom. The number of aryl methyl sites for hydroxylation is 1. The molecular formula is C21H25N3O3. The standard InChI is InChI=1S/C21H25N3O3/c1-2-15-4-3-5-17-18(14-22-20(15)17)16-6-9-23(10-7-16)19(25)8-11-24-12-13-27-21(24)26/h3-6,14,22H,2,7-13H2,1H3. The highest BCUT2D eigenvalue weighted by molar-refractivity contribution is 5.94. The van der Waals surface area contributed by atoms with Crippen molar-refractivity contribution in [2.24, 2.45) is 0 Å². The zero-order chi connectivity index (χ0) is 18.8. The van der Waals surface area contributed by atoms with Gasteiger partial charge >= 0.3 is 6.09 Å². The molecule has 1 N–H and O–H groups in total. The van der Waals surface area contributed by atoms with Gasteiger partial charge in [-0.1, -0.05) is 31.2 Å². The van der Waals surface area contributed by atoms with E-state index in [0.29, 0.717) is 32.7 Å². The first-order valence-corrected chi connectivity index (χ1v) is 9.65. The lowest BCUT2D eigenvalue weighted by atomic mass is 9.97. The second kappa shape index (κ2) is 7.47. The van der Waals surface area contributed by atoms with Crippen molar-refractivity contribution in [1.29, 1.82) is 0 Å². The summed E-state index contributed by atoms with van der Waals surface area (Å²) >= 11 is 0. The van der Waals surface area contributed by atoms with E-state index in [9.17, 15) is 9.59 Å². The minimum atomic E-state index is -0.311.